The van der Waals surface area contributed by atoms with E-state index in [1.807, 2.05) is 14.0 Å². The maximum absolute atomic E-state index is 11.9. The molecule has 100 valence electrons. The van der Waals surface area contributed by atoms with E-state index in [2.05, 4.69) is 12.2 Å². The van der Waals surface area contributed by atoms with Crippen molar-refractivity contribution >= 4 is 5.97 Å². The first kappa shape index (κ1) is 14.5. The van der Waals surface area contributed by atoms with Gasteiger partial charge in [0, 0.05) is 13.0 Å². The molecule has 0 bridgehead atoms. The number of carbonyl (C=O) groups is 1. The van der Waals surface area contributed by atoms with Gasteiger partial charge in [-0.3, -0.25) is 4.79 Å². The Labute approximate surface area is 104 Å². The monoisotopic (exact) mass is 243 g/mol. The molecule has 1 N–H and O–H groups in total. The number of likely N-dealkylation sites (N-methyl/N-ethyl adjacent to an activating group) is 1. The molecule has 0 heterocycles. The summed E-state index contributed by atoms with van der Waals surface area (Å²) in [5.74, 6) is -0.135. The van der Waals surface area contributed by atoms with Crippen molar-refractivity contribution in [1.82, 2.24) is 5.32 Å². The van der Waals surface area contributed by atoms with Crippen molar-refractivity contribution in [2.45, 2.75) is 57.6 Å². The second-order valence-electron chi connectivity index (χ2n) is 4.64. The van der Waals surface area contributed by atoms with Crippen LogP contribution in [0, 0.1) is 0 Å². The van der Waals surface area contributed by atoms with Crippen molar-refractivity contribution in [2.24, 2.45) is 0 Å². The number of carbonyl (C=O) groups excluding carboxylic acids is 1. The molecule has 0 radical (unpaired) electrons. The number of esters is 1. The van der Waals surface area contributed by atoms with E-state index in [1.54, 1.807) is 0 Å². The topological polar surface area (TPSA) is 47.6 Å². The third kappa shape index (κ3) is 3.68. The molecule has 1 aliphatic rings. The standard InChI is InChI=1S/C13H25NO3/c1-4-6-9-17-11-7-8-13(10-11,14-3)12(15)16-5-2/h11,14H,4-10H2,1-3H3. The molecule has 2 unspecified atom stereocenters. The summed E-state index contributed by atoms with van der Waals surface area (Å²) >= 11 is 0. The van der Waals surface area contributed by atoms with Crippen LogP contribution in [-0.2, 0) is 14.3 Å². The Morgan fingerprint density at radius 3 is 2.82 bits per heavy atom. The first-order valence-corrected chi connectivity index (χ1v) is 6.66. The van der Waals surface area contributed by atoms with Gasteiger partial charge in [0.1, 0.15) is 5.54 Å². The fourth-order valence-electron chi connectivity index (χ4n) is 2.32. The van der Waals surface area contributed by atoms with Crippen LogP contribution in [0.5, 0.6) is 0 Å². The number of rotatable bonds is 7. The predicted octanol–water partition coefficient (Wildman–Crippen LogP) is 1.88. The van der Waals surface area contributed by atoms with Gasteiger partial charge in [-0.25, -0.2) is 0 Å². The van der Waals surface area contributed by atoms with Crippen LogP contribution in [0.25, 0.3) is 0 Å². The molecule has 0 aromatic carbocycles. The average molecular weight is 243 g/mol. The van der Waals surface area contributed by atoms with E-state index in [4.69, 9.17) is 9.47 Å². The zero-order chi connectivity index (χ0) is 12.7. The molecule has 0 spiro atoms. The van der Waals surface area contributed by atoms with E-state index in [0.29, 0.717) is 6.61 Å². The third-order valence-corrected chi connectivity index (χ3v) is 3.47. The van der Waals surface area contributed by atoms with Gasteiger partial charge < -0.3 is 14.8 Å². The first-order chi connectivity index (χ1) is 8.18. The molecule has 17 heavy (non-hydrogen) atoms. The Morgan fingerprint density at radius 1 is 1.47 bits per heavy atom. The van der Waals surface area contributed by atoms with Gasteiger partial charge in [-0.05, 0) is 33.2 Å². The van der Waals surface area contributed by atoms with Gasteiger partial charge in [-0.15, -0.1) is 0 Å². The molecule has 1 aliphatic carbocycles. The van der Waals surface area contributed by atoms with Gasteiger partial charge in [0.15, 0.2) is 0 Å². The van der Waals surface area contributed by atoms with Gasteiger partial charge >= 0.3 is 5.97 Å². The quantitative estimate of drug-likeness (QED) is 0.548. The lowest BCUT2D eigenvalue weighted by Crippen LogP contribution is -2.49. The highest BCUT2D eigenvalue weighted by molar-refractivity contribution is 5.81. The molecule has 4 heteroatoms. The van der Waals surface area contributed by atoms with E-state index < -0.39 is 5.54 Å². The highest BCUT2D eigenvalue weighted by atomic mass is 16.5. The Balaban J connectivity index is 2.46. The van der Waals surface area contributed by atoms with Gasteiger partial charge in [0.2, 0.25) is 0 Å². The summed E-state index contributed by atoms with van der Waals surface area (Å²) < 4.78 is 10.9. The third-order valence-electron chi connectivity index (χ3n) is 3.47. The molecular weight excluding hydrogens is 218 g/mol. The van der Waals surface area contributed by atoms with Crippen LogP contribution in [0.15, 0.2) is 0 Å². The zero-order valence-electron chi connectivity index (χ0n) is 11.3. The number of nitrogens with one attached hydrogen (secondary N) is 1. The Morgan fingerprint density at radius 2 is 2.24 bits per heavy atom. The minimum absolute atomic E-state index is 0.135. The van der Waals surface area contributed by atoms with E-state index in [-0.39, 0.29) is 12.1 Å². The van der Waals surface area contributed by atoms with Crippen LogP contribution in [0.2, 0.25) is 0 Å². The summed E-state index contributed by atoms with van der Waals surface area (Å²) in [6.07, 6.45) is 4.89. The summed E-state index contributed by atoms with van der Waals surface area (Å²) in [5, 5.41) is 3.13. The fourth-order valence-corrected chi connectivity index (χ4v) is 2.32. The van der Waals surface area contributed by atoms with Crippen LogP contribution < -0.4 is 5.32 Å². The van der Waals surface area contributed by atoms with Crippen LogP contribution in [0.4, 0.5) is 0 Å². The van der Waals surface area contributed by atoms with E-state index in [0.717, 1.165) is 38.7 Å². The first-order valence-electron chi connectivity index (χ1n) is 6.66. The summed E-state index contributed by atoms with van der Waals surface area (Å²) in [5.41, 5.74) is -0.521. The van der Waals surface area contributed by atoms with Crippen LogP contribution >= 0.6 is 0 Å². The van der Waals surface area contributed by atoms with E-state index in [1.165, 1.54) is 0 Å². The highest BCUT2D eigenvalue weighted by Gasteiger charge is 2.45. The second kappa shape index (κ2) is 6.97. The van der Waals surface area contributed by atoms with Crippen molar-refractivity contribution in [1.29, 1.82) is 0 Å². The van der Waals surface area contributed by atoms with Gasteiger partial charge in [-0.1, -0.05) is 13.3 Å². The van der Waals surface area contributed by atoms with Gasteiger partial charge in [-0.2, -0.15) is 0 Å². The van der Waals surface area contributed by atoms with E-state index in [9.17, 15) is 4.79 Å². The zero-order valence-corrected chi connectivity index (χ0v) is 11.3. The molecule has 0 saturated heterocycles. The lowest BCUT2D eigenvalue weighted by atomic mass is 9.98. The van der Waals surface area contributed by atoms with Crippen molar-refractivity contribution in [3.63, 3.8) is 0 Å². The SMILES string of the molecule is CCCCOC1CCC(NC)(C(=O)OCC)C1. The fraction of sp³-hybridized carbons (Fsp3) is 0.923. The number of unbranched alkanes of at least 4 members (excludes halogenated alkanes) is 1. The normalized spacial score (nSPS) is 28.3. The maximum Gasteiger partial charge on any atom is 0.326 e. The molecule has 2 atom stereocenters. The van der Waals surface area contributed by atoms with Crippen LogP contribution in [0.3, 0.4) is 0 Å². The van der Waals surface area contributed by atoms with Crippen molar-refractivity contribution in [2.75, 3.05) is 20.3 Å². The molecular formula is C13H25NO3. The summed E-state index contributed by atoms with van der Waals surface area (Å²) in [6.45, 7) is 5.22. The molecule has 1 saturated carbocycles. The minimum Gasteiger partial charge on any atom is -0.465 e. The predicted molar refractivity (Wildman–Crippen MR) is 66.9 cm³/mol. The lowest BCUT2D eigenvalue weighted by Gasteiger charge is -2.26. The van der Waals surface area contributed by atoms with Crippen molar-refractivity contribution < 1.29 is 14.3 Å². The number of hydrogen-bond donors (Lipinski definition) is 1. The maximum atomic E-state index is 11.9. The smallest absolute Gasteiger partial charge is 0.326 e. The van der Waals surface area contributed by atoms with E-state index >= 15 is 0 Å². The van der Waals surface area contributed by atoms with Gasteiger partial charge in [0.25, 0.3) is 0 Å². The summed E-state index contributed by atoms with van der Waals surface area (Å²) in [4.78, 5) is 11.9. The lowest BCUT2D eigenvalue weighted by molar-refractivity contribution is -0.151. The molecule has 0 aromatic heterocycles. The van der Waals surface area contributed by atoms with Crippen LogP contribution in [0.1, 0.15) is 46.0 Å². The second-order valence-corrected chi connectivity index (χ2v) is 4.64. The molecule has 4 nitrogen and oxygen atoms in total. The molecule has 1 fully saturated rings. The Kier molecular flexibility index (Phi) is 5.92. The molecule has 1 rings (SSSR count). The summed E-state index contributed by atoms with van der Waals surface area (Å²) in [7, 11) is 1.82. The van der Waals surface area contributed by atoms with Crippen molar-refractivity contribution in [3.8, 4) is 0 Å². The molecule has 0 aromatic rings. The Hall–Kier alpha value is -0.610. The van der Waals surface area contributed by atoms with Crippen LogP contribution in [-0.4, -0.2) is 37.9 Å². The van der Waals surface area contributed by atoms with Crippen molar-refractivity contribution in [3.05, 3.63) is 0 Å². The minimum atomic E-state index is -0.521. The van der Waals surface area contributed by atoms with Gasteiger partial charge in [0.05, 0.1) is 12.7 Å². The number of ether oxygens (including phenoxy) is 2. The largest absolute Gasteiger partial charge is 0.465 e. The Bertz CT molecular complexity index is 245. The average Bonchev–Trinajstić information content (AvgIpc) is 2.75. The molecule has 0 aliphatic heterocycles. The summed E-state index contributed by atoms with van der Waals surface area (Å²) in [6, 6.07) is 0. The highest BCUT2D eigenvalue weighted by Crippen LogP contribution is 2.33. The molecule has 0 amide bonds. The number of hydrogen-bond acceptors (Lipinski definition) is 4.